The van der Waals surface area contributed by atoms with E-state index < -0.39 is 5.97 Å². The third-order valence-corrected chi connectivity index (χ3v) is 4.69. The zero-order valence-electron chi connectivity index (χ0n) is 14.8. The largest absolute Gasteiger partial charge is 0.465 e. The van der Waals surface area contributed by atoms with Crippen molar-refractivity contribution in [3.63, 3.8) is 0 Å². The van der Waals surface area contributed by atoms with E-state index in [0.717, 1.165) is 11.8 Å². The van der Waals surface area contributed by atoms with Gasteiger partial charge in [0.1, 0.15) is 11.9 Å². The Bertz CT molecular complexity index is 1060. The minimum Gasteiger partial charge on any atom is -0.465 e. The fourth-order valence-corrected chi connectivity index (χ4v) is 3.12. The molecule has 1 amide bonds. The van der Waals surface area contributed by atoms with Crippen LogP contribution in [0.15, 0.2) is 40.4 Å². The van der Waals surface area contributed by atoms with Gasteiger partial charge in [0.25, 0.3) is 5.56 Å². The van der Waals surface area contributed by atoms with Crippen LogP contribution >= 0.6 is 23.4 Å². The van der Waals surface area contributed by atoms with Crippen molar-refractivity contribution in [2.24, 2.45) is 0 Å². The van der Waals surface area contributed by atoms with Crippen LogP contribution in [0, 0.1) is 0 Å². The van der Waals surface area contributed by atoms with E-state index in [1.807, 2.05) is 0 Å². The van der Waals surface area contributed by atoms with Gasteiger partial charge in [-0.2, -0.15) is 5.10 Å². The Balaban J connectivity index is 1.75. The number of halogens is 1. The SMILES string of the molecule is CCOC(=O)CNC(=O)CSc1nc2c(cnn2-c2ccc(Cl)cc2)c(=O)[nH]1. The number of nitrogens with zero attached hydrogens (tertiary/aromatic N) is 3. The van der Waals surface area contributed by atoms with Crippen LogP contribution in [0.3, 0.4) is 0 Å². The molecule has 2 aromatic heterocycles. The lowest BCUT2D eigenvalue weighted by Crippen LogP contribution is -2.31. The summed E-state index contributed by atoms with van der Waals surface area (Å²) < 4.78 is 6.25. The number of thioether (sulfide) groups is 1. The average molecular weight is 422 g/mol. The molecule has 0 spiro atoms. The highest BCUT2D eigenvalue weighted by atomic mass is 35.5. The fourth-order valence-electron chi connectivity index (χ4n) is 2.31. The van der Waals surface area contributed by atoms with E-state index in [-0.39, 0.29) is 35.5 Å². The maximum atomic E-state index is 12.3. The number of aromatic amines is 1. The molecule has 28 heavy (non-hydrogen) atoms. The van der Waals surface area contributed by atoms with E-state index in [4.69, 9.17) is 16.3 Å². The molecule has 0 fully saturated rings. The summed E-state index contributed by atoms with van der Waals surface area (Å²) in [6.07, 6.45) is 1.43. The molecule has 0 aliphatic rings. The third-order valence-electron chi connectivity index (χ3n) is 3.56. The number of H-pyrrole nitrogens is 1. The van der Waals surface area contributed by atoms with Gasteiger partial charge in [0, 0.05) is 5.02 Å². The van der Waals surface area contributed by atoms with E-state index >= 15 is 0 Å². The first-order valence-electron chi connectivity index (χ1n) is 8.27. The molecule has 0 atom stereocenters. The minimum atomic E-state index is -0.513. The molecule has 0 bridgehead atoms. The summed E-state index contributed by atoms with van der Waals surface area (Å²) in [5, 5.41) is 7.82. The maximum Gasteiger partial charge on any atom is 0.325 e. The van der Waals surface area contributed by atoms with Crippen molar-refractivity contribution in [1.29, 1.82) is 0 Å². The Labute approximate surface area is 168 Å². The smallest absolute Gasteiger partial charge is 0.325 e. The number of aromatic nitrogens is 4. The van der Waals surface area contributed by atoms with E-state index in [0.29, 0.717) is 21.7 Å². The van der Waals surface area contributed by atoms with E-state index in [9.17, 15) is 14.4 Å². The van der Waals surface area contributed by atoms with Crippen LogP contribution < -0.4 is 10.9 Å². The number of nitrogens with one attached hydrogen (secondary N) is 2. The Hall–Kier alpha value is -2.85. The van der Waals surface area contributed by atoms with Crippen molar-refractivity contribution >= 4 is 46.3 Å². The van der Waals surface area contributed by atoms with Crippen molar-refractivity contribution in [1.82, 2.24) is 25.1 Å². The average Bonchev–Trinajstić information content (AvgIpc) is 3.10. The van der Waals surface area contributed by atoms with Gasteiger partial charge in [0.2, 0.25) is 5.91 Å². The van der Waals surface area contributed by atoms with E-state index in [1.165, 1.54) is 10.9 Å². The molecule has 9 nitrogen and oxygen atoms in total. The zero-order valence-corrected chi connectivity index (χ0v) is 16.3. The summed E-state index contributed by atoms with van der Waals surface area (Å²) in [7, 11) is 0. The Morgan fingerprint density at radius 3 is 2.79 bits per heavy atom. The Morgan fingerprint density at radius 2 is 2.07 bits per heavy atom. The van der Waals surface area contributed by atoms with Crippen molar-refractivity contribution in [2.75, 3.05) is 18.9 Å². The van der Waals surface area contributed by atoms with Gasteiger partial charge in [-0.3, -0.25) is 14.4 Å². The van der Waals surface area contributed by atoms with Gasteiger partial charge >= 0.3 is 5.97 Å². The molecule has 2 heterocycles. The number of fused-ring (bicyclic) bond motifs is 1. The molecule has 1 aromatic carbocycles. The molecule has 0 unspecified atom stereocenters. The highest BCUT2D eigenvalue weighted by Crippen LogP contribution is 2.19. The number of benzene rings is 1. The van der Waals surface area contributed by atoms with Crippen LogP contribution in [0.4, 0.5) is 0 Å². The molecule has 0 aliphatic carbocycles. The lowest BCUT2D eigenvalue weighted by molar-refractivity contribution is -0.143. The first-order valence-corrected chi connectivity index (χ1v) is 9.63. The minimum absolute atomic E-state index is 0.0249. The molecule has 11 heteroatoms. The van der Waals surface area contributed by atoms with E-state index in [2.05, 4.69) is 20.4 Å². The molecule has 146 valence electrons. The highest BCUT2D eigenvalue weighted by Gasteiger charge is 2.13. The molecular weight excluding hydrogens is 406 g/mol. The first kappa shape index (κ1) is 19.9. The van der Waals surface area contributed by atoms with Gasteiger partial charge in [0.15, 0.2) is 10.8 Å². The van der Waals surface area contributed by atoms with Crippen LogP contribution in [-0.4, -0.2) is 50.5 Å². The number of rotatable bonds is 7. The lowest BCUT2D eigenvalue weighted by atomic mass is 10.3. The normalized spacial score (nSPS) is 10.8. The maximum absolute atomic E-state index is 12.3. The fraction of sp³-hybridized carbons (Fsp3) is 0.235. The second-order valence-electron chi connectivity index (χ2n) is 5.51. The molecule has 0 aliphatic heterocycles. The number of carbonyl (C=O) groups is 2. The Kier molecular flexibility index (Phi) is 6.32. The molecule has 0 saturated heterocycles. The molecule has 2 N–H and O–H groups in total. The lowest BCUT2D eigenvalue weighted by Gasteiger charge is -2.06. The predicted molar refractivity (Wildman–Crippen MR) is 105 cm³/mol. The van der Waals surface area contributed by atoms with Crippen molar-refractivity contribution in [2.45, 2.75) is 12.1 Å². The summed E-state index contributed by atoms with van der Waals surface area (Å²) >= 11 is 6.94. The summed E-state index contributed by atoms with van der Waals surface area (Å²) in [4.78, 5) is 42.4. The predicted octanol–water partition coefficient (Wildman–Crippen LogP) is 1.53. The van der Waals surface area contributed by atoms with Gasteiger partial charge < -0.3 is 15.0 Å². The number of carbonyl (C=O) groups excluding carboxylic acids is 2. The van der Waals surface area contributed by atoms with Gasteiger partial charge in [-0.1, -0.05) is 23.4 Å². The monoisotopic (exact) mass is 421 g/mol. The summed E-state index contributed by atoms with van der Waals surface area (Å²) in [5.74, 6) is -0.921. The van der Waals surface area contributed by atoms with Crippen LogP contribution in [0.5, 0.6) is 0 Å². The topological polar surface area (TPSA) is 119 Å². The zero-order chi connectivity index (χ0) is 20.1. The quantitative estimate of drug-likeness (QED) is 0.337. The molecule has 3 aromatic rings. The number of amides is 1. The van der Waals surface area contributed by atoms with Crippen LogP contribution in [-0.2, 0) is 14.3 Å². The van der Waals surface area contributed by atoms with Crippen LogP contribution in [0.1, 0.15) is 6.92 Å². The van der Waals surface area contributed by atoms with Crippen molar-refractivity contribution in [3.8, 4) is 5.69 Å². The third kappa shape index (κ3) is 4.70. The van der Waals surface area contributed by atoms with E-state index in [1.54, 1.807) is 31.2 Å². The number of hydrogen-bond donors (Lipinski definition) is 2. The van der Waals surface area contributed by atoms with Crippen LogP contribution in [0.25, 0.3) is 16.7 Å². The number of esters is 1. The van der Waals surface area contributed by atoms with Crippen molar-refractivity contribution in [3.05, 3.63) is 45.8 Å². The second-order valence-corrected chi connectivity index (χ2v) is 6.91. The molecule has 0 saturated carbocycles. The molecule has 3 rings (SSSR count). The van der Waals surface area contributed by atoms with Gasteiger partial charge in [0.05, 0.1) is 24.2 Å². The molecule has 0 radical (unpaired) electrons. The van der Waals surface area contributed by atoms with Crippen LogP contribution in [0.2, 0.25) is 5.02 Å². The highest BCUT2D eigenvalue weighted by molar-refractivity contribution is 7.99. The van der Waals surface area contributed by atoms with Crippen molar-refractivity contribution < 1.29 is 14.3 Å². The first-order chi connectivity index (χ1) is 13.5. The summed E-state index contributed by atoms with van der Waals surface area (Å²) in [6, 6.07) is 6.93. The van der Waals surface area contributed by atoms with Gasteiger partial charge in [-0.05, 0) is 31.2 Å². The second kappa shape index (κ2) is 8.89. The summed E-state index contributed by atoms with van der Waals surface area (Å²) in [5.41, 5.74) is 0.695. The van der Waals surface area contributed by atoms with Gasteiger partial charge in [-0.15, -0.1) is 0 Å². The number of ether oxygens (including phenoxy) is 1. The Morgan fingerprint density at radius 1 is 1.32 bits per heavy atom. The molecular formula is C17H16ClN5O4S. The summed E-state index contributed by atoms with van der Waals surface area (Å²) in [6.45, 7) is 1.72. The van der Waals surface area contributed by atoms with Gasteiger partial charge in [-0.25, -0.2) is 9.67 Å². The number of hydrogen-bond acceptors (Lipinski definition) is 7. The standard InChI is InChI=1S/C17H16ClN5O4S/c1-2-27-14(25)8-19-13(24)9-28-17-21-15-12(16(26)22-17)7-20-23(15)11-5-3-10(18)4-6-11/h3-7H,2,8-9H2,1H3,(H,19,24)(H,21,22,26).